The van der Waals surface area contributed by atoms with Crippen LogP contribution in [-0.2, 0) is 19.1 Å². The van der Waals surface area contributed by atoms with Crippen molar-refractivity contribution < 1.29 is 23.9 Å². The molecule has 27 heavy (non-hydrogen) atoms. The molecule has 7 heteroatoms. The number of ether oxygens (including phenoxy) is 1. The predicted octanol–water partition coefficient (Wildman–Crippen LogP) is 2.37. The zero-order chi connectivity index (χ0) is 19.4. The van der Waals surface area contributed by atoms with Crippen LogP contribution in [0.3, 0.4) is 0 Å². The molecule has 3 rings (SSSR count). The van der Waals surface area contributed by atoms with Crippen LogP contribution in [0.25, 0.3) is 0 Å². The number of nitrogens with zero attached hydrogens (tertiary/aromatic N) is 1. The molecule has 2 fully saturated rings. The molecule has 1 N–H and O–H groups in total. The van der Waals surface area contributed by atoms with Gasteiger partial charge >= 0.3 is 5.97 Å². The first-order chi connectivity index (χ1) is 13.0. The number of benzene rings is 1. The van der Waals surface area contributed by atoms with Crippen molar-refractivity contribution in [2.75, 3.05) is 18.5 Å². The Morgan fingerprint density at radius 2 is 1.67 bits per heavy atom. The van der Waals surface area contributed by atoms with Gasteiger partial charge in [0.05, 0.1) is 24.0 Å². The molecule has 2 aliphatic rings. The van der Waals surface area contributed by atoms with Crippen molar-refractivity contribution in [3.63, 3.8) is 0 Å². The quantitative estimate of drug-likeness (QED) is 0.611. The summed E-state index contributed by atoms with van der Waals surface area (Å²) in [4.78, 5) is 49.8. The fourth-order valence-corrected chi connectivity index (χ4v) is 3.79. The molecule has 1 aliphatic heterocycles. The van der Waals surface area contributed by atoms with Crippen LogP contribution in [0.5, 0.6) is 0 Å². The van der Waals surface area contributed by atoms with Gasteiger partial charge in [0.1, 0.15) is 0 Å². The van der Waals surface area contributed by atoms with Crippen LogP contribution in [0.2, 0.25) is 0 Å². The SMILES string of the molecule is CCOC(=O)c1ccc(NC(=O)CCN2C(=O)[C@@H]3CCCC[C@H]3C2=O)cc1. The molecule has 3 amide bonds. The summed E-state index contributed by atoms with van der Waals surface area (Å²) in [6.07, 6.45) is 3.55. The molecule has 1 saturated heterocycles. The third kappa shape index (κ3) is 4.18. The molecule has 2 atom stereocenters. The Labute approximate surface area is 158 Å². The number of fused-ring (bicyclic) bond motifs is 1. The van der Waals surface area contributed by atoms with Gasteiger partial charge in [0.25, 0.3) is 0 Å². The summed E-state index contributed by atoms with van der Waals surface area (Å²) in [5.41, 5.74) is 0.950. The molecular formula is C20H24N2O5. The Balaban J connectivity index is 1.52. The molecule has 0 bridgehead atoms. The van der Waals surface area contributed by atoms with Crippen molar-refractivity contribution in [3.05, 3.63) is 29.8 Å². The molecule has 144 valence electrons. The summed E-state index contributed by atoms with van der Waals surface area (Å²) in [6, 6.07) is 6.38. The smallest absolute Gasteiger partial charge is 0.338 e. The van der Waals surface area contributed by atoms with Crippen molar-refractivity contribution >= 4 is 29.4 Å². The van der Waals surface area contributed by atoms with E-state index < -0.39 is 5.97 Å². The predicted molar refractivity (Wildman–Crippen MR) is 97.8 cm³/mol. The van der Waals surface area contributed by atoms with E-state index in [4.69, 9.17) is 4.74 Å². The van der Waals surface area contributed by atoms with Gasteiger partial charge in [-0.1, -0.05) is 12.8 Å². The van der Waals surface area contributed by atoms with Crippen molar-refractivity contribution in [3.8, 4) is 0 Å². The minimum Gasteiger partial charge on any atom is -0.462 e. The van der Waals surface area contributed by atoms with E-state index in [1.165, 1.54) is 4.90 Å². The molecule has 1 aliphatic carbocycles. The highest BCUT2D eigenvalue weighted by Gasteiger charge is 2.47. The minimum atomic E-state index is -0.414. The van der Waals surface area contributed by atoms with E-state index in [1.54, 1.807) is 31.2 Å². The highest BCUT2D eigenvalue weighted by atomic mass is 16.5. The second kappa shape index (κ2) is 8.33. The Hall–Kier alpha value is -2.70. The number of amides is 3. The number of carbonyl (C=O) groups excluding carboxylic acids is 4. The summed E-state index contributed by atoms with van der Waals surface area (Å²) in [6.45, 7) is 2.14. The van der Waals surface area contributed by atoms with Gasteiger partial charge in [-0.2, -0.15) is 0 Å². The van der Waals surface area contributed by atoms with Gasteiger partial charge in [0.15, 0.2) is 0 Å². The van der Waals surface area contributed by atoms with Crippen molar-refractivity contribution in [1.29, 1.82) is 0 Å². The molecule has 0 unspecified atom stereocenters. The average Bonchev–Trinajstić information content (AvgIpc) is 2.92. The van der Waals surface area contributed by atoms with Gasteiger partial charge in [0, 0.05) is 18.7 Å². The van der Waals surface area contributed by atoms with Crippen LogP contribution in [0.15, 0.2) is 24.3 Å². The first-order valence-electron chi connectivity index (χ1n) is 9.43. The van der Waals surface area contributed by atoms with E-state index in [1.807, 2.05) is 0 Å². The number of imide groups is 1. The van der Waals surface area contributed by atoms with Crippen molar-refractivity contribution in [2.45, 2.75) is 39.0 Å². The second-order valence-corrected chi connectivity index (χ2v) is 6.92. The highest BCUT2D eigenvalue weighted by molar-refractivity contribution is 6.05. The maximum absolute atomic E-state index is 12.4. The molecule has 0 radical (unpaired) electrons. The topological polar surface area (TPSA) is 92.8 Å². The molecule has 1 heterocycles. The van der Waals surface area contributed by atoms with Gasteiger partial charge in [-0.3, -0.25) is 19.3 Å². The summed E-state index contributed by atoms with van der Waals surface area (Å²) < 4.78 is 4.91. The fraction of sp³-hybridized carbons (Fsp3) is 0.500. The van der Waals surface area contributed by atoms with Gasteiger partial charge in [0.2, 0.25) is 17.7 Å². The minimum absolute atomic E-state index is 0.0521. The number of anilines is 1. The van der Waals surface area contributed by atoms with Crippen LogP contribution >= 0.6 is 0 Å². The number of hydrogen-bond donors (Lipinski definition) is 1. The Morgan fingerprint density at radius 3 is 2.22 bits per heavy atom. The lowest BCUT2D eigenvalue weighted by atomic mass is 9.81. The number of nitrogens with one attached hydrogen (secondary N) is 1. The lowest BCUT2D eigenvalue weighted by molar-refractivity contribution is -0.140. The third-order valence-corrected chi connectivity index (χ3v) is 5.17. The number of rotatable bonds is 6. The second-order valence-electron chi connectivity index (χ2n) is 6.92. The normalized spacial score (nSPS) is 21.7. The Bertz CT molecular complexity index is 719. The molecule has 0 spiro atoms. The molecule has 1 saturated carbocycles. The zero-order valence-corrected chi connectivity index (χ0v) is 15.4. The first kappa shape index (κ1) is 19.1. The van der Waals surface area contributed by atoms with E-state index in [0.29, 0.717) is 17.9 Å². The summed E-state index contributed by atoms with van der Waals surface area (Å²) >= 11 is 0. The van der Waals surface area contributed by atoms with Crippen LogP contribution in [0.4, 0.5) is 5.69 Å². The van der Waals surface area contributed by atoms with E-state index in [0.717, 1.165) is 25.7 Å². The number of carbonyl (C=O) groups is 4. The maximum atomic E-state index is 12.4. The van der Waals surface area contributed by atoms with E-state index in [-0.39, 0.29) is 42.5 Å². The van der Waals surface area contributed by atoms with Crippen LogP contribution in [0.1, 0.15) is 49.4 Å². The molecule has 1 aromatic carbocycles. The van der Waals surface area contributed by atoms with Gasteiger partial charge < -0.3 is 10.1 Å². The van der Waals surface area contributed by atoms with Gasteiger partial charge in [-0.25, -0.2) is 4.79 Å². The standard InChI is InChI=1S/C20H24N2O5/c1-2-27-20(26)13-7-9-14(10-8-13)21-17(23)11-12-22-18(24)15-5-3-4-6-16(15)19(22)25/h7-10,15-16H,2-6,11-12H2,1H3,(H,21,23)/t15-,16-/m1/s1. The van der Waals surface area contributed by atoms with Gasteiger partial charge in [-0.05, 0) is 44.0 Å². The summed E-state index contributed by atoms with van der Waals surface area (Å²) in [5.74, 6) is -1.33. The van der Waals surface area contributed by atoms with Crippen molar-refractivity contribution in [1.82, 2.24) is 4.90 Å². The fourth-order valence-electron chi connectivity index (χ4n) is 3.79. The average molecular weight is 372 g/mol. The lowest BCUT2D eigenvalue weighted by Gasteiger charge is -2.19. The van der Waals surface area contributed by atoms with Gasteiger partial charge in [-0.15, -0.1) is 0 Å². The summed E-state index contributed by atoms with van der Waals surface area (Å²) in [5, 5.41) is 2.72. The Kier molecular flexibility index (Phi) is 5.88. The first-order valence-corrected chi connectivity index (χ1v) is 9.43. The van der Waals surface area contributed by atoms with Crippen LogP contribution in [-0.4, -0.2) is 41.7 Å². The van der Waals surface area contributed by atoms with E-state index in [2.05, 4.69) is 5.32 Å². The monoisotopic (exact) mass is 372 g/mol. The molecule has 7 nitrogen and oxygen atoms in total. The van der Waals surface area contributed by atoms with Crippen LogP contribution in [0, 0.1) is 11.8 Å². The summed E-state index contributed by atoms with van der Waals surface area (Å²) in [7, 11) is 0. The van der Waals surface area contributed by atoms with Crippen molar-refractivity contribution in [2.24, 2.45) is 11.8 Å². The van der Waals surface area contributed by atoms with E-state index in [9.17, 15) is 19.2 Å². The maximum Gasteiger partial charge on any atom is 0.338 e. The Morgan fingerprint density at radius 1 is 1.07 bits per heavy atom. The third-order valence-electron chi connectivity index (χ3n) is 5.17. The van der Waals surface area contributed by atoms with Crippen LogP contribution < -0.4 is 5.32 Å². The molecule has 1 aromatic rings. The van der Waals surface area contributed by atoms with E-state index >= 15 is 0 Å². The lowest BCUT2D eigenvalue weighted by Crippen LogP contribution is -2.34. The number of likely N-dealkylation sites (tertiary alicyclic amines) is 1. The number of hydrogen-bond acceptors (Lipinski definition) is 5. The zero-order valence-electron chi connectivity index (χ0n) is 15.4. The number of esters is 1. The molecule has 0 aromatic heterocycles. The molecular weight excluding hydrogens is 348 g/mol. The largest absolute Gasteiger partial charge is 0.462 e. The highest BCUT2D eigenvalue weighted by Crippen LogP contribution is 2.37.